The molecule has 0 heterocycles. The van der Waals surface area contributed by atoms with Crippen LogP contribution in [0.15, 0.2) is 0 Å². The number of hydrogen-bond donors (Lipinski definition) is 2. The van der Waals surface area contributed by atoms with Gasteiger partial charge >= 0.3 is 0 Å². The second kappa shape index (κ2) is 6.92. The molecule has 0 aromatic carbocycles. The highest BCUT2D eigenvalue weighted by Crippen LogP contribution is 2.39. The molecule has 0 radical (unpaired) electrons. The van der Waals surface area contributed by atoms with Crippen LogP contribution in [0.3, 0.4) is 0 Å². The van der Waals surface area contributed by atoms with E-state index in [0.717, 1.165) is 6.42 Å². The first-order valence-electron chi connectivity index (χ1n) is 7.67. The molecule has 126 valence electrons. The monoisotopic (exact) mass is 303 g/mol. The van der Waals surface area contributed by atoms with Crippen molar-refractivity contribution >= 4 is 0 Å². The number of nitrogens with two attached hydrogens (primary N) is 1. The standard InChI is InChI=1S/C16H33NO4/c1-15(2,3)21-13-10(9-19-6)8-11(16(4,5)17)14(20-7)12(13)18/h10-14,18H,8-9,17H2,1-7H3. The SMILES string of the molecule is COCC1CC(C(C)(C)N)C(OC)C(O)C1OC(C)(C)C. The minimum absolute atomic E-state index is 0.0532. The van der Waals surface area contributed by atoms with Gasteiger partial charge in [-0.05, 0) is 41.0 Å². The molecule has 0 bridgehead atoms. The first-order chi connectivity index (χ1) is 9.51. The van der Waals surface area contributed by atoms with Crippen LogP contribution in [0.1, 0.15) is 41.0 Å². The highest BCUT2D eigenvalue weighted by Gasteiger charge is 2.49. The summed E-state index contributed by atoms with van der Waals surface area (Å²) in [6.07, 6.45) is -0.539. The van der Waals surface area contributed by atoms with Gasteiger partial charge in [0.15, 0.2) is 0 Å². The van der Waals surface area contributed by atoms with Gasteiger partial charge in [0, 0.05) is 31.6 Å². The molecule has 1 fully saturated rings. The topological polar surface area (TPSA) is 73.9 Å². The van der Waals surface area contributed by atoms with Crippen molar-refractivity contribution in [2.24, 2.45) is 17.6 Å². The summed E-state index contributed by atoms with van der Waals surface area (Å²) in [7, 11) is 3.29. The van der Waals surface area contributed by atoms with Crippen LogP contribution in [0.25, 0.3) is 0 Å². The molecular weight excluding hydrogens is 270 g/mol. The molecular formula is C16H33NO4. The van der Waals surface area contributed by atoms with Crippen LogP contribution in [0.5, 0.6) is 0 Å². The Morgan fingerprint density at radius 1 is 1.10 bits per heavy atom. The second-order valence-corrected chi connectivity index (χ2v) is 7.76. The van der Waals surface area contributed by atoms with Gasteiger partial charge < -0.3 is 25.1 Å². The van der Waals surface area contributed by atoms with Gasteiger partial charge in [0.1, 0.15) is 6.10 Å². The van der Waals surface area contributed by atoms with Crippen LogP contribution in [0.4, 0.5) is 0 Å². The minimum Gasteiger partial charge on any atom is -0.388 e. The Kier molecular flexibility index (Phi) is 6.21. The van der Waals surface area contributed by atoms with E-state index in [9.17, 15) is 5.11 Å². The lowest BCUT2D eigenvalue weighted by molar-refractivity contribution is -0.210. The molecule has 5 nitrogen and oxygen atoms in total. The Morgan fingerprint density at radius 2 is 1.67 bits per heavy atom. The summed E-state index contributed by atoms with van der Waals surface area (Å²) in [5.74, 6) is 0.154. The van der Waals surface area contributed by atoms with Crippen LogP contribution in [0, 0.1) is 11.8 Å². The van der Waals surface area contributed by atoms with Gasteiger partial charge in [0.05, 0.1) is 24.4 Å². The molecule has 1 aliphatic rings. The fraction of sp³-hybridized carbons (Fsp3) is 1.00. The number of hydrogen-bond acceptors (Lipinski definition) is 5. The van der Waals surface area contributed by atoms with Crippen molar-refractivity contribution in [2.45, 2.75) is 70.5 Å². The van der Waals surface area contributed by atoms with E-state index in [2.05, 4.69) is 0 Å². The lowest BCUT2D eigenvalue weighted by Crippen LogP contribution is -2.61. The summed E-state index contributed by atoms with van der Waals surface area (Å²) < 4.78 is 17.0. The summed E-state index contributed by atoms with van der Waals surface area (Å²) in [6.45, 7) is 10.5. The van der Waals surface area contributed by atoms with Crippen molar-refractivity contribution in [3.05, 3.63) is 0 Å². The van der Waals surface area contributed by atoms with E-state index in [-0.39, 0.29) is 29.6 Å². The zero-order valence-corrected chi connectivity index (χ0v) is 14.6. The number of methoxy groups -OCH3 is 2. The lowest BCUT2D eigenvalue weighted by Gasteiger charge is -2.49. The molecule has 21 heavy (non-hydrogen) atoms. The van der Waals surface area contributed by atoms with E-state index < -0.39 is 11.6 Å². The van der Waals surface area contributed by atoms with Gasteiger partial charge in [0.2, 0.25) is 0 Å². The molecule has 5 heteroatoms. The van der Waals surface area contributed by atoms with Crippen LogP contribution in [-0.4, -0.2) is 55.4 Å². The fourth-order valence-electron chi connectivity index (χ4n) is 3.28. The van der Waals surface area contributed by atoms with Gasteiger partial charge in [-0.15, -0.1) is 0 Å². The predicted octanol–water partition coefficient (Wildman–Crippen LogP) is 1.57. The first-order valence-corrected chi connectivity index (χ1v) is 7.67. The quantitative estimate of drug-likeness (QED) is 0.806. The molecule has 5 unspecified atom stereocenters. The predicted molar refractivity (Wildman–Crippen MR) is 83.2 cm³/mol. The smallest absolute Gasteiger partial charge is 0.107 e. The van der Waals surface area contributed by atoms with Gasteiger partial charge in [-0.2, -0.15) is 0 Å². The normalized spacial score (nSPS) is 35.0. The summed E-state index contributed by atoms with van der Waals surface area (Å²) >= 11 is 0. The van der Waals surface area contributed by atoms with Crippen LogP contribution in [0.2, 0.25) is 0 Å². The summed E-state index contributed by atoms with van der Waals surface area (Å²) in [6, 6.07) is 0. The second-order valence-electron chi connectivity index (χ2n) is 7.76. The molecule has 0 amide bonds. The van der Waals surface area contributed by atoms with E-state index >= 15 is 0 Å². The molecule has 0 spiro atoms. The first kappa shape index (κ1) is 18.8. The molecule has 0 aromatic rings. The lowest BCUT2D eigenvalue weighted by atomic mass is 9.68. The minimum atomic E-state index is -0.712. The maximum absolute atomic E-state index is 10.8. The van der Waals surface area contributed by atoms with E-state index in [1.807, 2.05) is 34.6 Å². The van der Waals surface area contributed by atoms with Crippen molar-refractivity contribution in [1.82, 2.24) is 0 Å². The fourth-order valence-corrected chi connectivity index (χ4v) is 3.28. The molecule has 1 rings (SSSR count). The molecule has 5 atom stereocenters. The highest BCUT2D eigenvalue weighted by atomic mass is 16.5. The van der Waals surface area contributed by atoms with Crippen molar-refractivity contribution in [3.8, 4) is 0 Å². The maximum atomic E-state index is 10.8. The summed E-state index contributed by atoms with van der Waals surface area (Å²) in [4.78, 5) is 0. The Balaban J connectivity index is 3.03. The molecule has 0 saturated heterocycles. The number of rotatable bonds is 5. The molecule has 1 aliphatic carbocycles. The Labute approximate surface area is 129 Å². The number of aliphatic hydroxyl groups is 1. The van der Waals surface area contributed by atoms with E-state index in [4.69, 9.17) is 19.9 Å². The number of ether oxygens (including phenoxy) is 3. The molecule has 0 aliphatic heterocycles. The van der Waals surface area contributed by atoms with Gasteiger partial charge in [-0.1, -0.05) is 0 Å². The Morgan fingerprint density at radius 3 is 2.05 bits per heavy atom. The van der Waals surface area contributed by atoms with Gasteiger partial charge in [-0.25, -0.2) is 0 Å². The third kappa shape index (κ3) is 4.89. The van der Waals surface area contributed by atoms with Crippen LogP contribution >= 0.6 is 0 Å². The largest absolute Gasteiger partial charge is 0.388 e. The zero-order chi connectivity index (χ0) is 16.4. The summed E-state index contributed by atoms with van der Waals surface area (Å²) in [5, 5.41) is 10.8. The van der Waals surface area contributed by atoms with E-state index in [0.29, 0.717) is 6.61 Å². The Bertz CT molecular complexity index is 319. The average molecular weight is 303 g/mol. The third-order valence-electron chi connectivity index (χ3n) is 4.19. The molecule has 1 saturated carbocycles. The van der Waals surface area contributed by atoms with Crippen molar-refractivity contribution < 1.29 is 19.3 Å². The number of aliphatic hydroxyl groups excluding tert-OH is 1. The van der Waals surface area contributed by atoms with Gasteiger partial charge in [-0.3, -0.25) is 0 Å². The Hall–Kier alpha value is -0.200. The third-order valence-corrected chi connectivity index (χ3v) is 4.19. The van der Waals surface area contributed by atoms with Crippen LogP contribution in [-0.2, 0) is 14.2 Å². The van der Waals surface area contributed by atoms with E-state index in [1.165, 1.54) is 0 Å². The van der Waals surface area contributed by atoms with Crippen LogP contribution < -0.4 is 5.73 Å². The summed E-state index contributed by atoms with van der Waals surface area (Å²) in [5.41, 5.74) is 5.53. The maximum Gasteiger partial charge on any atom is 0.107 e. The molecule has 0 aromatic heterocycles. The zero-order valence-electron chi connectivity index (χ0n) is 14.6. The van der Waals surface area contributed by atoms with Gasteiger partial charge in [0.25, 0.3) is 0 Å². The average Bonchev–Trinajstić information content (AvgIpc) is 2.31. The van der Waals surface area contributed by atoms with Crippen molar-refractivity contribution in [1.29, 1.82) is 0 Å². The highest BCUT2D eigenvalue weighted by molar-refractivity contribution is 5.01. The van der Waals surface area contributed by atoms with E-state index in [1.54, 1.807) is 14.2 Å². The van der Waals surface area contributed by atoms with Crippen molar-refractivity contribution in [3.63, 3.8) is 0 Å². The van der Waals surface area contributed by atoms with Crippen molar-refractivity contribution in [2.75, 3.05) is 20.8 Å². The molecule has 3 N–H and O–H groups in total.